The Kier molecular flexibility index (Phi) is 6.43. The van der Waals surface area contributed by atoms with Crippen LogP contribution in [0, 0.1) is 0 Å². The van der Waals surface area contributed by atoms with Crippen LogP contribution in [0.4, 0.5) is 0 Å². The molecule has 1 heterocycles. The lowest BCUT2D eigenvalue weighted by Crippen LogP contribution is -2.28. The second-order valence-electron chi connectivity index (χ2n) is 15.9. The fourth-order valence-electron chi connectivity index (χ4n) is 10.6. The Morgan fingerprint density at radius 2 is 0.879 bits per heavy atom. The molecule has 0 aliphatic heterocycles. The van der Waals surface area contributed by atoms with Gasteiger partial charge in [-0.1, -0.05) is 170 Å². The van der Waals surface area contributed by atoms with Gasteiger partial charge in [0.25, 0.3) is 0 Å². The first kappa shape index (κ1) is 31.7. The monoisotopic (exact) mass is 734 g/mol. The second-order valence-corrected chi connectivity index (χ2v) is 15.9. The smallest absolute Gasteiger partial charge is 0.135 e. The molecule has 1 aromatic heterocycles. The van der Waals surface area contributed by atoms with Crippen LogP contribution < -0.4 is 0 Å². The van der Waals surface area contributed by atoms with Gasteiger partial charge in [-0.3, -0.25) is 0 Å². The maximum absolute atomic E-state index is 6.23. The van der Waals surface area contributed by atoms with Crippen LogP contribution >= 0.6 is 0 Å². The van der Waals surface area contributed by atoms with Crippen molar-refractivity contribution >= 4 is 65.0 Å². The van der Waals surface area contributed by atoms with Gasteiger partial charge in [0.15, 0.2) is 0 Å². The molecule has 1 nitrogen and oxygen atoms in total. The first-order valence-corrected chi connectivity index (χ1v) is 20.2. The number of hydrogen-bond acceptors (Lipinski definition) is 1. The average Bonchev–Trinajstić information content (AvgIpc) is 3.80. The SMILES string of the molecule is c1ccc(C2(c3ccccc3)c3cc(-c4ccc5ccc6cccc7ccc4c5c67)ccc3-c3cc4c(-c5ccc6oc7ccccc7c6c5)cccc4cc32)cc1. The summed E-state index contributed by atoms with van der Waals surface area (Å²) in [4.78, 5) is 0. The Morgan fingerprint density at radius 1 is 0.293 bits per heavy atom. The van der Waals surface area contributed by atoms with E-state index in [-0.39, 0.29) is 0 Å². The molecule has 11 aromatic carbocycles. The van der Waals surface area contributed by atoms with Gasteiger partial charge >= 0.3 is 0 Å². The fourth-order valence-corrected chi connectivity index (χ4v) is 10.6. The summed E-state index contributed by atoms with van der Waals surface area (Å²) in [6.07, 6.45) is 0. The first-order chi connectivity index (χ1) is 28.7. The first-order valence-electron chi connectivity index (χ1n) is 20.2. The van der Waals surface area contributed by atoms with E-state index in [1.165, 1.54) is 98.7 Å². The highest BCUT2D eigenvalue weighted by molar-refractivity contribution is 6.25. The number of para-hydroxylation sites is 1. The predicted molar refractivity (Wildman–Crippen MR) is 243 cm³/mol. The molecule has 1 heteroatoms. The van der Waals surface area contributed by atoms with Crippen molar-refractivity contribution in [1.82, 2.24) is 0 Å². The molecule has 13 rings (SSSR count). The van der Waals surface area contributed by atoms with Crippen LogP contribution in [0.2, 0.25) is 0 Å². The van der Waals surface area contributed by atoms with Crippen molar-refractivity contribution < 1.29 is 4.42 Å². The molecule has 0 saturated heterocycles. The van der Waals surface area contributed by atoms with Crippen molar-refractivity contribution in [1.29, 1.82) is 0 Å². The summed E-state index contributed by atoms with van der Waals surface area (Å²) < 4.78 is 6.23. The normalized spacial score (nSPS) is 13.3. The van der Waals surface area contributed by atoms with Gasteiger partial charge in [0, 0.05) is 10.8 Å². The number of benzene rings is 11. The zero-order chi connectivity index (χ0) is 38.0. The number of furan rings is 1. The topological polar surface area (TPSA) is 13.1 Å². The summed E-state index contributed by atoms with van der Waals surface area (Å²) in [6.45, 7) is 0. The zero-order valence-corrected chi connectivity index (χ0v) is 31.5. The molecule has 0 amide bonds. The van der Waals surface area contributed by atoms with Gasteiger partial charge in [0.05, 0.1) is 5.41 Å². The Morgan fingerprint density at radius 3 is 1.69 bits per heavy atom. The molecule has 0 radical (unpaired) electrons. The summed E-state index contributed by atoms with van der Waals surface area (Å²) in [5.41, 5.74) is 13.9. The lowest BCUT2D eigenvalue weighted by Gasteiger charge is -2.34. The van der Waals surface area contributed by atoms with Crippen molar-refractivity contribution in [3.8, 4) is 33.4 Å². The van der Waals surface area contributed by atoms with Crippen LogP contribution in [0.3, 0.4) is 0 Å². The summed E-state index contributed by atoms with van der Waals surface area (Å²) in [6, 6.07) is 76.7. The van der Waals surface area contributed by atoms with Crippen LogP contribution in [0.25, 0.3) is 98.4 Å². The van der Waals surface area contributed by atoms with Gasteiger partial charge in [-0.15, -0.1) is 0 Å². The Hall–Kier alpha value is -7.48. The predicted octanol–water partition coefficient (Wildman–Crippen LogP) is 15.3. The third kappa shape index (κ3) is 4.25. The standard InChI is InChI=1S/C57H34O/c1-3-14-41(15-4-1)57(42-16-5-2-6-17-42)51-33-40(44-27-23-37-22-21-35-11-9-12-36-24-29-47(44)56(37)55(35)36)25-28-45(51)49-34-48-38(32-52(49)57)13-10-19-43(48)39-26-30-54-50(31-39)46-18-7-8-20-53(46)58-54/h1-34H. The van der Waals surface area contributed by atoms with Gasteiger partial charge in [0.1, 0.15) is 11.2 Å². The van der Waals surface area contributed by atoms with Crippen LogP contribution in [0.15, 0.2) is 211 Å². The summed E-state index contributed by atoms with van der Waals surface area (Å²) in [5, 5.41) is 12.6. The number of fused-ring (bicyclic) bond motifs is 7. The highest BCUT2D eigenvalue weighted by Gasteiger charge is 2.46. The van der Waals surface area contributed by atoms with Gasteiger partial charge in [-0.25, -0.2) is 0 Å². The molecule has 0 atom stereocenters. The summed E-state index contributed by atoms with van der Waals surface area (Å²) in [7, 11) is 0. The molecule has 58 heavy (non-hydrogen) atoms. The molecular weight excluding hydrogens is 701 g/mol. The third-order valence-electron chi connectivity index (χ3n) is 13.1. The number of rotatable bonds is 4. The van der Waals surface area contributed by atoms with E-state index in [0.29, 0.717) is 0 Å². The van der Waals surface area contributed by atoms with Gasteiger partial charge in [0.2, 0.25) is 0 Å². The fraction of sp³-hybridized carbons (Fsp3) is 0.0175. The molecule has 268 valence electrons. The van der Waals surface area contributed by atoms with E-state index in [1.807, 2.05) is 6.07 Å². The van der Waals surface area contributed by atoms with Crippen LogP contribution in [0.5, 0.6) is 0 Å². The highest BCUT2D eigenvalue weighted by Crippen LogP contribution is 2.58. The molecule has 0 unspecified atom stereocenters. The number of hydrogen-bond donors (Lipinski definition) is 0. The molecule has 0 saturated carbocycles. The minimum Gasteiger partial charge on any atom is -0.456 e. The van der Waals surface area contributed by atoms with Crippen molar-refractivity contribution in [2.45, 2.75) is 5.41 Å². The third-order valence-corrected chi connectivity index (χ3v) is 13.1. The van der Waals surface area contributed by atoms with Crippen molar-refractivity contribution in [3.63, 3.8) is 0 Å². The molecule has 0 bridgehead atoms. The summed E-state index contributed by atoms with van der Waals surface area (Å²) in [5.74, 6) is 0. The lowest BCUT2D eigenvalue weighted by molar-refractivity contribution is 0.669. The van der Waals surface area contributed by atoms with E-state index >= 15 is 0 Å². The van der Waals surface area contributed by atoms with Crippen molar-refractivity contribution in [3.05, 3.63) is 229 Å². The van der Waals surface area contributed by atoms with Crippen LogP contribution in [0.1, 0.15) is 22.3 Å². The Labute approximate surface area is 335 Å². The maximum atomic E-state index is 6.23. The summed E-state index contributed by atoms with van der Waals surface area (Å²) >= 11 is 0. The van der Waals surface area contributed by atoms with E-state index in [2.05, 4.69) is 200 Å². The quantitative estimate of drug-likeness (QED) is 0.164. The van der Waals surface area contributed by atoms with Crippen LogP contribution in [-0.4, -0.2) is 0 Å². The maximum Gasteiger partial charge on any atom is 0.135 e. The van der Waals surface area contributed by atoms with E-state index in [1.54, 1.807) is 0 Å². The minimum absolute atomic E-state index is 0.536. The van der Waals surface area contributed by atoms with Crippen LogP contribution in [-0.2, 0) is 5.41 Å². The average molecular weight is 735 g/mol. The molecule has 0 fully saturated rings. The minimum atomic E-state index is -0.536. The molecule has 0 spiro atoms. The molecular formula is C57H34O. The Bertz CT molecular complexity index is 3550. The van der Waals surface area contributed by atoms with E-state index in [4.69, 9.17) is 4.42 Å². The van der Waals surface area contributed by atoms with E-state index in [9.17, 15) is 0 Å². The van der Waals surface area contributed by atoms with Crippen molar-refractivity contribution in [2.24, 2.45) is 0 Å². The molecule has 0 N–H and O–H groups in total. The van der Waals surface area contributed by atoms with E-state index in [0.717, 1.165) is 21.9 Å². The largest absolute Gasteiger partial charge is 0.456 e. The van der Waals surface area contributed by atoms with Gasteiger partial charge < -0.3 is 4.42 Å². The molecule has 1 aliphatic rings. The molecule has 12 aromatic rings. The van der Waals surface area contributed by atoms with E-state index < -0.39 is 5.41 Å². The van der Waals surface area contributed by atoms with Gasteiger partial charge in [-0.05, 0) is 135 Å². The Balaban J connectivity index is 1.10. The zero-order valence-electron chi connectivity index (χ0n) is 31.5. The van der Waals surface area contributed by atoms with Crippen molar-refractivity contribution in [2.75, 3.05) is 0 Å². The van der Waals surface area contributed by atoms with Gasteiger partial charge in [-0.2, -0.15) is 0 Å². The second kappa shape index (κ2) is 11.8. The highest BCUT2D eigenvalue weighted by atomic mass is 16.3. The molecule has 1 aliphatic carbocycles. The lowest BCUT2D eigenvalue weighted by atomic mass is 9.67.